The van der Waals surface area contributed by atoms with E-state index in [1.54, 1.807) is 6.92 Å². The summed E-state index contributed by atoms with van der Waals surface area (Å²) >= 11 is 0. The van der Waals surface area contributed by atoms with Gasteiger partial charge >= 0.3 is 23.9 Å². The third kappa shape index (κ3) is 15.7. The lowest BCUT2D eigenvalue weighted by Gasteiger charge is -2.20. The predicted molar refractivity (Wildman–Crippen MR) is 219 cm³/mol. The van der Waals surface area contributed by atoms with Crippen molar-refractivity contribution in [2.45, 2.75) is 90.9 Å². The second kappa shape index (κ2) is 24.4. The van der Waals surface area contributed by atoms with Crippen molar-refractivity contribution in [3.05, 3.63) is 108 Å². The van der Waals surface area contributed by atoms with Crippen molar-refractivity contribution in [3.8, 4) is 22.6 Å². The number of hydrogen-bond acceptors (Lipinski definition) is 10. The maximum Gasteiger partial charge on any atom is 0.333 e. The summed E-state index contributed by atoms with van der Waals surface area (Å²) < 4.78 is 33.4. The van der Waals surface area contributed by atoms with Crippen LogP contribution in [0.25, 0.3) is 11.1 Å². The molecule has 0 bridgehead atoms. The van der Waals surface area contributed by atoms with Crippen molar-refractivity contribution < 1.29 is 47.6 Å². The zero-order chi connectivity index (χ0) is 40.8. The fourth-order valence-electron chi connectivity index (χ4n) is 6.63. The number of carbonyl (C=O) groups excluding carboxylic acids is 4. The molecular weight excluding hydrogens is 725 g/mol. The second-order valence-corrected chi connectivity index (χ2v) is 14.3. The number of benzene rings is 3. The highest BCUT2D eigenvalue weighted by atomic mass is 16.6. The molecule has 57 heavy (non-hydrogen) atoms. The van der Waals surface area contributed by atoms with Gasteiger partial charge in [-0.15, -0.1) is 0 Å². The highest BCUT2D eigenvalue weighted by Gasteiger charge is 2.27. The van der Waals surface area contributed by atoms with Crippen molar-refractivity contribution >= 4 is 23.9 Å². The van der Waals surface area contributed by atoms with E-state index >= 15 is 0 Å². The normalized spacial score (nSPS) is 12.8. The Labute approximate surface area is 337 Å². The molecule has 306 valence electrons. The molecule has 0 amide bonds. The van der Waals surface area contributed by atoms with Crippen LogP contribution in [0.4, 0.5) is 0 Å². The lowest BCUT2D eigenvalue weighted by molar-refractivity contribution is -0.166. The van der Waals surface area contributed by atoms with Crippen LogP contribution in [0.1, 0.15) is 87.5 Å². The van der Waals surface area contributed by atoms with E-state index in [0.717, 1.165) is 60.3 Å². The molecule has 1 heterocycles. The Morgan fingerprint density at radius 1 is 0.754 bits per heavy atom. The van der Waals surface area contributed by atoms with Crippen LogP contribution < -0.4 is 9.47 Å². The Morgan fingerprint density at radius 2 is 1.42 bits per heavy atom. The quantitative estimate of drug-likeness (QED) is 0.0257. The largest absolute Gasteiger partial charge is 0.494 e. The summed E-state index contributed by atoms with van der Waals surface area (Å²) in [5.74, 6) is -0.258. The van der Waals surface area contributed by atoms with Gasteiger partial charge in [0.05, 0.1) is 45.9 Å². The molecule has 0 unspecified atom stereocenters. The van der Waals surface area contributed by atoms with E-state index < -0.39 is 23.9 Å². The summed E-state index contributed by atoms with van der Waals surface area (Å²) in [7, 11) is 0. The highest BCUT2D eigenvalue weighted by Crippen LogP contribution is 2.35. The van der Waals surface area contributed by atoms with Crippen molar-refractivity contribution in [2.24, 2.45) is 5.92 Å². The molecule has 1 aliphatic rings. The Morgan fingerprint density at radius 3 is 2.09 bits per heavy atom. The summed E-state index contributed by atoms with van der Waals surface area (Å²) in [6.07, 6.45) is 9.63. The van der Waals surface area contributed by atoms with Gasteiger partial charge in [-0.2, -0.15) is 0 Å². The first kappa shape index (κ1) is 44.5. The average molecular weight is 783 g/mol. The van der Waals surface area contributed by atoms with E-state index in [-0.39, 0.29) is 32.0 Å². The molecule has 4 rings (SSSR count). The second-order valence-electron chi connectivity index (χ2n) is 14.3. The number of aryl methyl sites for hydroxylation is 4. The lowest BCUT2D eigenvalue weighted by Crippen LogP contribution is -2.28. The predicted octanol–water partition coefficient (Wildman–Crippen LogP) is 8.69. The van der Waals surface area contributed by atoms with Gasteiger partial charge in [-0.05, 0) is 122 Å². The van der Waals surface area contributed by atoms with Gasteiger partial charge in [-0.3, -0.25) is 9.59 Å². The van der Waals surface area contributed by atoms with Gasteiger partial charge in [0.2, 0.25) is 0 Å². The van der Waals surface area contributed by atoms with Crippen LogP contribution >= 0.6 is 0 Å². The van der Waals surface area contributed by atoms with E-state index in [4.69, 9.17) is 23.7 Å². The first-order chi connectivity index (χ1) is 27.7. The minimum absolute atomic E-state index is 0.117. The molecule has 1 saturated heterocycles. The van der Waals surface area contributed by atoms with Gasteiger partial charge in [0, 0.05) is 30.6 Å². The van der Waals surface area contributed by atoms with Gasteiger partial charge in [0.1, 0.15) is 11.5 Å². The molecule has 1 aliphatic heterocycles. The molecule has 0 aliphatic carbocycles. The molecule has 10 heteroatoms. The third-order valence-corrected chi connectivity index (χ3v) is 9.60. The molecule has 0 aromatic heterocycles. The van der Waals surface area contributed by atoms with Gasteiger partial charge in [0.15, 0.2) is 0 Å². The minimum atomic E-state index is -0.482. The summed E-state index contributed by atoms with van der Waals surface area (Å²) in [5.41, 5.74) is 7.27. The van der Waals surface area contributed by atoms with Gasteiger partial charge in [-0.25, -0.2) is 9.59 Å². The first-order valence-corrected chi connectivity index (χ1v) is 20.2. The molecular formula is C47H58O10. The molecule has 10 nitrogen and oxygen atoms in total. The Balaban J connectivity index is 1.29. The molecule has 0 N–H and O–H groups in total. The number of rotatable bonds is 26. The molecule has 0 spiro atoms. The van der Waals surface area contributed by atoms with Gasteiger partial charge in [-0.1, -0.05) is 56.5 Å². The molecule has 1 fully saturated rings. The summed E-state index contributed by atoms with van der Waals surface area (Å²) in [6.45, 7) is 13.4. The van der Waals surface area contributed by atoms with Crippen LogP contribution in [0.3, 0.4) is 0 Å². The number of hydrogen-bond donors (Lipinski definition) is 0. The topological polar surface area (TPSA) is 124 Å². The molecule has 0 radical (unpaired) electrons. The van der Waals surface area contributed by atoms with Crippen LogP contribution in [0.5, 0.6) is 11.5 Å². The zero-order valence-corrected chi connectivity index (χ0v) is 33.7. The fourth-order valence-corrected chi connectivity index (χ4v) is 6.63. The van der Waals surface area contributed by atoms with Crippen LogP contribution in [0.15, 0.2) is 85.5 Å². The summed E-state index contributed by atoms with van der Waals surface area (Å²) in [6, 6.07) is 21.0. The van der Waals surface area contributed by atoms with Crippen LogP contribution in [-0.4, -0.2) is 63.5 Å². The Bertz CT molecular complexity index is 1780. The highest BCUT2D eigenvalue weighted by molar-refractivity contribution is 5.88. The number of cyclic esters (lactones) is 2. The number of unbranched alkanes of at least 4 members (excludes halogenated alkanes) is 2. The Hall–Kier alpha value is -5.22. The van der Waals surface area contributed by atoms with Crippen molar-refractivity contribution in [3.63, 3.8) is 0 Å². The lowest BCUT2D eigenvalue weighted by atomic mass is 9.91. The standard InChI is InChI=1S/C47H58O10/c1-5-37-16-9-10-19-42(37)40-31-38(17-12-26-54-43(48)6-2)46(39(32-40)18-13-27-56-47(51)34(3)4)55-25-11-7-8-15-35-20-22-41(23-21-35)53-28-14-24-52-33-36-29-44(49)57-45(50)30-36/h6,9-10,16,19-23,31-32,36H,2-3,5,7-8,11-15,17-18,24-30,33H2,1,4H3. The van der Waals surface area contributed by atoms with Gasteiger partial charge in [0.25, 0.3) is 0 Å². The van der Waals surface area contributed by atoms with Crippen LogP contribution in [0.2, 0.25) is 0 Å². The maximum atomic E-state index is 12.0. The molecule has 0 saturated carbocycles. The van der Waals surface area contributed by atoms with E-state index in [2.05, 4.69) is 73.3 Å². The average Bonchev–Trinajstić information content (AvgIpc) is 3.20. The number of esters is 4. The SMILES string of the molecule is C=CC(=O)OCCCc1cc(-c2ccccc2CC)cc(CCCOC(=O)C(=C)C)c1OCCCCCc1ccc(OCCCOCC2CC(=O)OC(=O)C2)cc1. The van der Waals surface area contributed by atoms with Crippen molar-refractivity contribution in [1.29, 1.82) is 0 Å². The molecule has 0 atom stereocenters. The first-order valence-electron chi connectivity index (χ1n) is 20.2. The maximum absolute atomic E-state index is 12.0. The van der Waals surface area contributed by atoms with Gasteiger partial charge < -0.3 is 28.4 Å². The zero-order valence-electron chi connectivity index (χ0n) is 33.7. The molecule has 3 aromatic rings. The van der Waals surface area contributed by atoms with E-state index in [9.17, 15) is 19.2 Å². The van der Waals surface area contributed by atoms with Crippen LogP contribution in [0, 0.1) is 5.92 Å². The summed E-state index contributed by atoms with van der Waals surface area (Å²) in [5, 5.41) is 0. The van der Waals surface area contributed by atoms with E-state index in [0.29, 0.717) is 64.1 Å². The van der Waals surface area contributed by atoms with Crippen molar-refractivity contribution in [2.75, 3.05) is 39.6 Å². The fraction of sp³-hybridized carbons (Fsp3) is 0.447. The minimum Gasteiger partial charge on any atom is -0.494 e. The van der Waals surface area contributed by atoms with E-state index in [1.807, 2.05) is 12.1 Å². The molecule has 3 aromatic carbocycles. The van der Waals surface area contributed by atoms with Crippen molar-refractivity contribution in [1.82, 2.24) is 0 Å². The third-order valence-electron chi connectivity index (χ3n) is 9.60. The van der Waals surface area contributed by atoms with Crippen LogP contribution in [-0.2, 0) is 63.8 Å². The number of carbonyl (C=O) groups is 4. The number of ether oxygens (including phenoxy) is 6. The monoisotopic (exact) mass is 782 g/mol. The smallest absolute Gasteiger partial charge is 0.333 e. The Kier molecular flexibility index (Phi) is 19.1. The summed E-state index contributed by atoms with van der Waals surface area (Å²) in [4.78, 5) is 46.5. The van der Waals surface area contributed by atoms with E-state index in [1.165, 1.54) is 22.8 Å².